The molecule has 4 aromatic rings. The van der Waals surface area contributed by atoms with Crippen LogP contribution in [0.1, 0.15) is 12.8 Å². The van der Waals surface area contributed by atoms with Crippen molar-refractivity contribution in [3.8, 4) is 0 Å². The van der Waals surface area contributed by atoms with Crippen LogP contribution in [0.2, 0.25) is 0 Å². The molecule has 1 fully saturated rings. The minimum atomic E-state index is 0.0154. The third-order valence-electron chi connectivity index (χ3n) is 5.64. The van der Waals surface area contributed by atoms with Crippen molar-refractivity contribution < 1.29 is 4.79 Å². The zero-order valence-electron chi connectivity index (χ0n) is 15.9. The Kier molecular flexibility index (Phi) is 4.72. The van der Waals surface area contributed by atoms with Gasteiger partial charge in [0.05, 0.1) is 22.2 Å². The first-order chi connectivity index (χ1) is 14.2. The van der Waals surface area contributed by atoms with Gasteiger partial charge in [0.15, 0.2) is 5.82 Å². The van der Waals surface area contributed by atoms with Crippen LogP contribution < -0.4 is 10.2 Å². The molecule has 0 unspecified atom stereocenters. The standard InChI is InChI=1S/C23H21BrN4O/c24-17-6-1-2-7-18(17)26-23(29)16-11-14-27(15-12-16)22-21-10-5-13-28(21)20-9-4-3-8-19(20)25-22/h1-10,13,16H,11-12,14-15H2,(H,26,29). The van der Waals surface area contributed by atoms with Crippen molar-refractivity contribution in [2.24, 2.45) is 5.92 Å². The summed E-state index contributed by atoms with van der Waals surface area (Å²) in [6.07, 6.45) is 3.72. The Morgan fingerprint density at radius 1 is 0.966 bits per heavy atom. The monoisotopic (exact) mass is 448 g/mol. The fourth-order valence-corrected chi connectivity index (χ4v) is 4.47. The third kappa shape index (κ3) is 3.38. The van der Waals surface area contributed by atoms with Crippen LogP contribution in [0.25, 0.3) is 16.6 Å². The van der Waals surface area contributed by atoms with Gasteiger partial charge in [-0.3, -0.25) is 4.79 Å². The van der Waals surface area contributed by atoms with Crippen LogP contribution >= 0.6 is 15.9 Å². The second kappa shape index (κ2) is 7.52. The molecular formula is C23H21BrN4O. The summed E-state index contributed by atoms with van der Waals surface area (Å²) < 4.78 is 3.10. The van der Waals surface area contributed by atoms with Crippen LogP contribution in [0.15, 0.2) is 71.3 Å². The number of piperidine rings is 1. The maximum absolute atomic E-state index is 12.7. The normalized spacial score (nSPS) is 15.1. The fourth-order valence-electron chi connectivity index (χ4n) is 4.09. The van der Waals surface area contributed by atoms with Crippen molar-refractivity contribution in [3.05, 3.63) is 71.3 Å². The van der Waals surface area contributed by atoms with E-state index >= 15 is 0 Å². The predicted molar refractivity (Wildman–Crippen MR) is 120 cm³/mol. The number of fused-ring (bicyclic) bond motifs is 3. The Hall–Kier alpha value is -2.86. The predicted octanol–water partition coefficient (Wildman–Crippen LogP) is 5.11. The van der Waals surface area contributed by atoms with Crippen molar-refractivity contribution in [2.45, 2.75) is 12.8 Å². The number of para-hydroxylation sites is 3. The van der Waals surface area contributed by atoms with Crippen LogP contribution in [0.4, 0.5) is 11.5 Å². The molecule has 6 heteroatoms. The number of nitrogens with one attached hydrogen (secondary N) is 1. The first kappa shape index (κ1) is 18.2. The summed E-state index contributed by atoms with van der Waals surface area (Å²) in [5.41, 5.74) is 4.03. The molecule has 1 N–H and O–H groups in total. The highest BCUT2D eigenvalue weighted by molar-refractivity contribution is 9.10. The molecule has 3 heterocycles. The zero-order valence-corrected chi connectivity index (χ0v) is 17.5. The second-order valence-electron chi connectivity index (χ2n) is 7.42. The van der Waals surface area contributed by atoms with Crippen molar-refractivity contribution in [2.75, 3.05) is 23.3 Å². The molecule has 5 rings (SSSR count). The van der Waals surface area contributed by atoms with Crippen LogP contribution in [0, 0.1) is 5.92 Å². The van der Waals surface area contributed by atoms with Crippen LogP contribution in [0.5, 0.6) is 0 Å². The minimum Gasteiger partial charge on any atom is -0.355 e. The van der Waals surface area contributed by atoms with Crippen LogP contribution in [0.3, 0.4) is 0 Å². The van der Waals surface area contributed by atoms with E-state index < -0.39 is 0 Å². The first-order valence-corrected chi connectivity index (χ1v) is 10.7. The molecule has 1 saturated heterocycles. The molecule has 0 spiro atoms. The number of aromatic nitrogens is 2. The lowest BCUT2D eigenvalue weighted by Crippen LogP contribution is -2.38. The largest absolute Gasteiger partial charge is 0.355 e. The van der Waals surface area contributed by atoms with Crippen molar-refractivity contribution in [1.82, 2.24) is 9.38 Å². The number of hydrogen-bond donors (Lipinski definition) is 1. The van der Waals surface area contributed by atoms with Crippen LogP contribution in [-0.2, 0) is 4.79 Å². The van der Waals surface area contributed by atoms with E-state index in [1.165, 1.54) is 0 Å². The topological polar surface area (TPSA) is 49.6 Å². The van der Waals surface area contributed by atoms with E-state index in [9.17, 15) is 4.79 Å². The molecule has 2 aromatic carbocycles. The summed E-state index contributed by atoms with van der Waals surface area (Å²) in [5.74, 6) is 1.11. The van der Waals surface area contributed by atoms with Gasteiger partial charge in [-0.2, -0.15) is 0 Å². The quantitative estimate of drug-likeness (QED) is 0.473. The smallest absolute Gasteiger partial charge is 0.227 e. The van der Waals surface area contributed by atoms with E-state index in [0.29, 0.717) is 0 Å². The maximum atomic E-state index is 12.7. The number of carbonyl (C=O) groups excluding carboxylic acids is 1. The van der Waals surface area contributed by atoms with E-state index in [1.54, 1.807) is 0 Å². The molecule has 0 aliphatic carbocycles. The van der Waals surface area contributed by atoms with E-state index in [1.807, 2.05) is 36.4 Å². The summed E-state index contributed by atoms with van der Waals surface area (Å²) in [7, 11) is 0. The Bertz CT molecular complexity index is 1190. The van der Waals surface area contributed by atoms with E-state index in [0.717, 1.165) is 58.5 Å². The molecule has 29 heavy (non-hydrogen) atoms. The first-order valence-electron chi connectivity index (χ1n) is 9.87. The number of carbonyl (C=O) groups is 1. The lowest BCUT2D eigenvalue weighted by molar-refractivity contribution is -0.120. The molecular weight excluding hydrogens is 428 g/mol. The van der Waals surface area contributed by atoms with Crippen molar-refractivity contribution in [1.29, 1.82) is 0 Å². The Labute approximate surface area is 177 Å². The van der Waals surface area contributed by atoms with Gasteiger partial charge < -0.3 is 14.6 Å². The number of hydrogen-bond acceptors (Lipinski definition) is 3. The lowest BCUT2D eigenvalue weighted by Gasteiger charge is -2.32. The van der Waals surface area contributed by atoms with E-state index in [2.05, 4.69) is 61.0 Å². The lowest BCUT2D eigenvalue weighted by atomic mass is 9.95. The van der Waals surface area contributed by atoms with E-state index in [-0.39, 0.29) is 11.8 Å². The van der Waals surface area contributed by atoms with Gasteiger partial charge in [0.25, 0.3) is 0 Å². The zero-order chi connectivity index (χ0) is 19.8. The summed E-state index contributed by atoms with van der Waals surface area (Å²) >= 11 is 3.49. The van der Waals surface area contributed by atoms with Crippen LogP contribution in [-0.4, -0.2) is 28.4 Å². The van der Waals surface area contributed by atoms with Gasteiger partial charge in [0.1, 0.15) is 0 Å². The minimum absolute atomic E-state index is 0.0154. The highest BCUT2D eigenvalue weighted by Crippen LogP contribution is 2.30. The number of rotatable bonds is 3. The number of halogens is 1. The molecule has 1 aliphatic heterocycles. The highest BCUT2D eigenvalue weighted by Gasteiger charge is 2.27. The molecule has 0 radical (unpaired) electrons. The van der Waals surface area contributed by atoms with Gasteiger partial charge >= 0.3 is 0 Å². The fraction of sp³-hybridized carbons (Fsp3) is 0.217. The Morgan fingerprint density at radius 2 is 1.69 bits per heavy atom. The van der Waals surface area contributed by atoms with Crippen molar-refractivity contribution >= 4 is 49.9 Å². The average molecular weight is 449 g/mol. The molecule has 0 bridgehead atoms. The SMILES string of the molecule is O=C(Nc1ccccc1Br)C1CCN(c2nc3ccccc3n3cccc23)CC1. The Morgan fingerprint density at radius 3 is 2.52 bits per heavy atom. The van der Waals surface area contributed by atoms with Gasteiger partial charge in [-0.1, -0.05) is 24.3 Å². The molecule has 2 aromatic heterocycles. The van der Waals surface area contributed by atoms with Gasteiger partial charge in [-0.25, -0.2) is 4.98 Å². The van der Waals surface area contributed by atoms with E-state index in [4.69, 9.17) is 4.98 Å². The van der Waals surface area contributed by atoms with Gasteiger partial charge in [0.2, 0.25) is 5.91 Å². The summed E-state index contributed by atoms with van der Waals surface area (Å²) in [6.45, 7) is 1.64. The van der Waals surface area contributed by atoms with Gasteiger partial charge in [-0.15, -0.1) is 0 Å². The number of anilines is 2. The summed E-state index contributed by atoms with van der Waals surface area (Å²) in [4.78, 5) is 20.0. The summed E-state index contributed by atoms with van der Waals surface area (Å²) in [5, 5.41) is 3.06. The van der Waals surface area contributed by atoms with Gasteiger partial charge in [-0.05, 0) is 65.2 Å². The Balaban J connectivity index is 1.35. The molecule has 1 aliphatic rings. The number of nitrogens with zero attached hydrogens (tertiary/aromatic N) is 3. The summed E-state index contributed by atoms with van der Waals surface area (Å²) in [6, 6.07) is 20.1. The molecule has 0 atom stereocenters. The molecule has 0 saturated carbocycles. The number of benzene rings is 2. The second-order valence-corrected chi connectivity index (χ2v) is 8.27. The van der Waals surface area contributed by atoms with Gasteiger partial charge in [0, 0.05) is 29.7 Å². The molecule has 146 valence electrons. The molecule has 1 amide bonds. The van der Waals surface area contributed by atoms with Crippen molar-refractivity contribution in [3.63, 3.8) is 0 Å². The highest BCUT2D eigenvalue weighted by atomic mass is 79.9. The third-order valence-corrected chi connectivity index (χ3v) is 6.33. The average Bonchev–Trinajstić information content (AvgIpc) is 3.25. The molecule has 5 nitrogen and oxygen atoms in total. The maximum Gasteiger partial charge on any atom is 0.227 e. The number of amides is 1.